The Kier molecular flexibility index (Phi) is 10.5. The minimum absolute atomic E-state index is 0.0356. The molecule has 37 heavy (non-hydrogen) atoms. The molecule has 0 aromatic heterocycles. The minimum atomic E-state index is -0.557. The molecule has 1 unspecified atom stereocenters. The summed E-state index contributed by atoms with van der Waals surface area (Å²) in [6.45, 7) is 7.14. The van der Waals surface area contributed by atoms with Crippen molar-refractivity contribution >= 4 is 5.78 Å². The molecule has 1 atom stereocenters. The average molecular weight is 509 g/mol. The van der Waals surface area contributed by atoms with Crippen LogP contribution in [0.5, 0.6) is 11.5 Å². The van der Waals surface area contributed by atoms with Gasteiger partial charge in [-0.2, -0.15) is 5.26 Å². The number of piperidine rings is 1. The van der Waals surface area contributed by atoms with Gasteiger partial charge in [0.05, 0.1) is 25.7 Å². The minimum Gasteiger partial charge on any atom is -0.493 e. The van der Waals surface area contributed by atoms with Gasteiger partial charge in [0, 0.05) is 11.5 Å². The van der Waals surface area contributed by atoms with Crippen LogP contribution in [0.4, 0.5) is 4.39 Å². The number of unbranched alkanes of at least 4 members (excludes halogenated alkanes) is 3. The highest BCUT2D eigenvalue weighted by Gasteiger charge is 2.36. The van der Waals surface area contributed by atoms with E-state index in [1.807, 2.05) is 18.2 Å². The van der Waals surface area contributed by atoms with E-state index in [1.54, 1.807) is 26.4 Å². The van der Waals surface area contributed by atoms with Crippen LogP contribution in [0.25, 0.3) is 0 Å². The third-order valence-corrected chi connectivity index (χ3v) is 7.97. The van der Waals surface area contributed by atoms with Crippen molar-refractivity contribution in [2.45, 2.75) is 64.2 Å². The summed E-state index contributed by atoms with van der Waals surface area (Å²) >= 11 is 0. The highest BCUT2D eigenvalue weighted by atomic mass is 19.1. The van der Waals surface area contributed by atoms with Crippen LogP contribution in [-0.2, 0) is 5.41 Å². The summed E-state index contributed by atoms with van der Waals surface area (Å²) in [5.41, 5.74) is 1.04. The summed E-state index contributed by atoms with van der Waals surface area (Å²) in [5, 5.41) is 10.2. The van der Waals surface area contributed by atoms with Gasteiger partial charge in [0.2, 0.25) is 0 Å². The van der Waals surface area contributed by atoms with E-state index < -0.39 is 5.41 Å². The molecule has 0 amide bonds. The first-order valence-electron chi connectivity index (χ1n) is 13.5. The van der Waals surface area contributed by atoms with Crippen molar-refractivity contribution in [3.05, 3.63) is 59.4 Å². The number of carbonyl (C=O) groups excluding carboxylic acids is 1. The topological polar surface area (TPSA) is 62.6 Å². The number of ketones is 1. The van der Waals surface area contributed by atoms with E-state index in [0.29, 0.717) is 17.1 Å². The van der Waals surface area contributed by atoms with Gasteiger partial charge in [-0.1, -0.05) is 39.2 Å². The molecule has 0 N–H and O–H groups in total. The lowest BCUT2D eigenvalue weighted by Crippen LogP contribution is -2.36. The van der Waals surface area contributed by atoms with Gasteiger partial charge in [0.1, 0.15) is 5.82 Å². The van der Waals surface area contributed by atoms with E-state index in [-0.39, 0.29) is 23.4 Å². The maximum Gasteiger partial charge on any atom is 0.166 e. The second-order valence-electron chi connectivity index (χ2n) is 10.5. The van der Waals surface area contributed by atoms with E-state index in [2.05, 4.69) is 24.8 Å². The summed E-state index contributed by atoms with van der Waals surface area (Å²) < 4.78 is 24.0. The Morgan fingerprint density at radius 3 is 2.27 bits per heavy atom. The van der Waals surface area contributed by atoms with Crippen LogP contribution >= 0.6 is 0 Å². The Labute approximate surface area is 221 Å². The van der Waals surface area contributed by atoms with E-state index >= 15 is 0 Å². The largest absolute Gasteiger partial charge is 0.493 e. The fraction of sp³-hybridized carbons (Fsp3) is 0.548. The Morgan fingerprint density at radius 1 is 1.03 bits per heavy atom. The Morgan fingerprint density at radius 2 is 1.68 bits per heavy atom. The number of halogens is 1. The molecular formula is C31H41FN2O3. The monoisotopic (exact) mass is 508 g/mol. The molecule has 3 rings (SSSR count). The number of ether oxygens (including phenoxy) is 2. The van der Waals surface area contributed by atoms with Crippen molar-refractivity contribution in [1.29, 1.82) is 5.26 Å². The first kappa shape index (κ1) is 28.7. The molecular weight excluding hydrogens is 467 g/mol. The molecule has 0 bridgehead atoms. The van der Waals surface area contributed by atoms with Crippen LogP contribution in [0.1, 0.15) is 74.7 Å². The smallest absolute Gasteiger partial charge is 0.166 e. The third-order valence-electron chi connectivity index (χ3n) is 7.97. The number of benzene rings is 2. The van der Waals surface area contributed by atoms with Crippen molar-refractivity contribution in [3.8, 4) is 17.6 Å². The standard InChI is InChI=1S/C31H41FN2O3/c1-23(2)31(22-33,26-11-14-28(36-3)29(21-26)37-4)17-7-5-6-8-18-34-19-15-25(16-20-34)30(35)24-9-12-27(32)13-10-24/h9-14,21,23,25H,5-8,15-20H2,1-4H3. The molecule has 1 aliphatic heterocycles. The third kappa shape index (κ3) is 7.11. The van der Waals surface area contributed by atoms with Crippen LogP contribution < -0.4 is 9.47 Å². The quantitative estimate of drug-likeness (QED) is 0.220. The predicted octanol–water partition coefficient (Wildman–Crippen LogP) is 6.81. The molecule has 1 heterocycles. The average Bonchev–Trinajstić information content (AvgIpc) is 2.92. The van der Waals surface area contributed by atoms with Gasteiger partial charge in [-0.25, -0.2) is 4.39 Å². The van der Waals surface area contributed by atoms with Crippen molar-refractivity contribution in [3.63, 3.8) is 0 Å². The van der Waals surface area contributed by atoms with Crippen LogP contribution in [0, 0.1) is 29.0 Å². The van der Waals surface area contributed by atoms with Crippen LogP contribution in [-0.4, -0.2) is 44.5 Å². The van der Waals surface area contributed by atoms with Gasteiger partial charge in [-0.3, -0.25) is 4.79 Å². The van der Waals surface area contributed by atoms with Gasteiger partial charge in [-0.05, 0) is 93.2 Å². The maximum absolute atomic E-state index is 13.1. The first-order chi connectivity index (χ1) is 17.8. The highest BCUT2D eigenvalue weighted by molar-refractivity contribution is 5.97. The lowest BCUT2D eigenvalue weighted by atomic mass is 9.69. The van der Waals surface area contributed by atoms with Crippen LogP contribution in [0.15, 0.2) is 42.5 Å². The number of nitriles is 1. The summed E-state index contributed by atoms with van der Waals surface area (Å²) in [4.78, 5) is 15.1. The van der Waals surface area contributed by atoms with Gasteiger partial charge in [0.25, 0.3) is 0 Å². The van der Waals surface area contributed by atoms with Crippen LogP contribution in [0.2, 0.25) is 0 Å². The molecule has 2 aromatic carbocycles. The summed E-state index contributed by atoms with van der Waals surface area (Å²) in [6, 6.07) is 14.4. The molecule has 0 radical (unpaired) electrons. The van der Waals surface area contributed by atoms with E-state index in [0.717, 1.165) is 70.1 Å². The normalized spacial score (nSPS) is 16.2. The number of carbonyl (C=O) groups is 1. The predicted molar refractivity (Wildman–Crippen MR) is 145 cm³/mol. The molecule has 2 aromatic rings. The lowest BCUT2D eigenvalue weighted by Gasteiger charge is -2.32. The second-order valence-corrected chi connectivity index (χ2v) is 10.5. The van der Waals surface area contributed by atoms with Crippen molar-refractivity contribution in [2.75, 3.05) is 33.9 Å². The number of likely N-dealkylation sites (tertiary alicyclic amines) is 1. The number of methoxy groups -OCH3 is 2. The molecule has 1 aliphatic rings. The number of Topliss-reactive ketones (excluding diaryl/α,β-unsaturated/α-hetero) is 1. The second kappa shape index (κ2) is 13.6. The summed E-state index contributed by atoms with van der Waals surface area (Å²) in [6.07, 6.45) is 6.86. The number of rotatable bonds is 13. The Balaban J connectivity index is 1.42. The molecule has 200 valence electrons. The number of hydrogen-bond donors (Lipinski definition) is 0. The van der Waals surface area contributed by atoms with E-state index in [9.17, 15) is 14.4 Å². The SMILES string of the molecule is COc1ccc(C(C#N)(CCCCCCN2CCC(C(=O)c3ccc(F)cc3)CC2)C(C)C)cc1OC. The zero-order valence-corrected chi connectivity index (χ0v) is 22.8. The first-order valence-corrected chi connectivity index (χ1v) is 13.5. The molecule has 0 saturated carbocycles. The van der Waals surface area contributed by atoms with Crippen molar-refractivity contribution in [1.82, 2.24) is 4.90 Å². The number of nitrogens with zero attached hydrogens (tertiary/aromatic N) is 2. The zero-order valence-electron chi connectivity index (χ0n) is 22.8. The van der Waals surface area contributed by atoms with Crippen molar-refractivity contribution in [2.24, 2.45) is 11.8 Å². The summed E-state index contributed by atoms with van der Waals surface area (Å²) in [5.74, 6) is 1.37. The van der Waals surface area contributed by atoms with Gasteiger partial charge in [0.15, 0.2) is 17.3 Å². The van der Waals surface area contributed by atoms with Gasteiger partial charge < -0.3 is 14.4 Å². The molecule has 1 saturated heterocycles. The number of hydrogen-bond acceptors (Lipinski definition) is 5. The molecule has 5 nitrogen and oxygen atoms in total. The summed E-state index contributed by atoms with van der Waals surface area (Å²) in [7, 11) is 3.24. The zero-order chi connectivity index (χ0) is 26.8. The van der Waals surface area contributed by atoms with E-state index in [4.69, 9.17) is 9.47 Å². The maximum atomic E-state index is 13.1. The lowest BCUT2D eigenvalue weighted by molar-refractivity contribution is 0.0838. The Bertz CT molecular complexity index is 1060. The van der Waals surface area contributed by atoms with Crippen LogP contribution in [0.3, 0.4) is 0 Å². The van der Waals surface area contributed by atoms with Crippen molar-refractivity contribution < 1.29 is 18.7 Å². The Hall–Kier alpha value is -2.91. The fourth-order valence-electron chi connectivity index (χ4n) is 5.49. The molecule has 6 heteroatoms. The molecule has 0 aliphatic carbocycles. The fourth-order valence-corrected chi connectivity index (χ4v) is 5.49. The highest BCUT2D eigenvalue weighted by Crippen LogP contribution is 2.40. The van der Waals surface area contributed by atoms with E-state index in [1.165, 1.54) is 12.1 Å². The van der Waals surface area contributed by atoms with Gasteiger partial charge >= 0.3 is 0 Å². The van der Waals surface area contributed by atoms with Gasteiger partial charge in [-0.15, -0.1) is 0 Å². The molecule has 1 fully saturated rings. The molecule has 0 spiro atoms.